The highest BCUT2D eigenvalue weighted by molar-refractivity contribution is 7.89. The SMILES string of the molecule is CCCCC(C)NS(=O)(=O)c1cc(C(=O)O)ccc1C. The Balaban J connectivity index is 3.03. The number of benzene rings is 1. The molecule has 6 heteroatoms. The lowest BCUT2D eigenvalue weighted by atomic mass is 10.1. The zero-order valence-corrected chi connectivity index (χ0v) is 12.8. The van der Waals surface area contributed by atoms with Crippen molar-refractivity contribution in [2.75, 3.05) is 0 Å². The maximum atomic E-state index is 12.3. The van der Waals surface area contributed by atoms with Crippen molar-refractivity contribution in [2.45, 2.75) is 51.0 Å². The largest absolute Gasteiger partial charge is 0.478 e. The highest BCUT2D eigenvalue weighted by atomic mass is 32.2. The lowest BCUT2D eigenvalue weighted by Crippen LogP contribution is -2.33. The van der Waals surface area contributed by atoms with Crippen molar-refractivity contribution in [3.05, 3.63) is 29.3 Å². The van der Waals surface area contributed by atoms with E-state index in [9.17, 15) is 13.2 Å². The number of hydrogen-bond donors (Lipinski definition) is 2. The van der Waals surface area contributed by atoms with Gasteiger partial charge in [0.05, 0.1) is 10.5 Å². The summed E-state index contributed by atoms with van der Waals surface area (Å²) in [7, 11) is -3.69. The number of carboxylic acid groups (broad SMARTS) is 1. The molecule has 0 aliphatic rings. The molecule has 2 N–H and O–H groups in total. The molecule has 0 saturated heterocycles. The normalized spacial score (nSPS) is 13.2. The molecule has 0 saturated carbocycles. The van der Waals surface area contributed by atoms with Crippen LogP contribution >= 0.6 is 0 Å². The minimum atomic E-state index is -3.69. The Morgan fingerprint density at radius 3 is 2.60 bits per heavy atom. The molecule has 5 nitrogen and oxygen atoms in total. The van der Waals surface area contributed by atoms with Crippen molar-refractivity contribution in [3.8, 4) is 0 Å². The Morgan fingerprint density at radius 2 is 2.05 bits per heavy atom. The van der Waals surface area contributed by atoms with Crippen molar-refractivity contribution in [1.29, 1.82) is 0 Å². The van der Waals surface area contributed by atoms with Crippen molar-refractivity contribution >= 4 is 16.0 Å². The van der Waals surface area contributed by atoms with E-state index in [2.05, 4.69) is 4.72 Å². The van der Waals surface area contributed by atoms with Crippen LogP contribution in [0.15, 0.2) is 23.1 Å². The van der Waals surface area contributed by atoms with E-state index in [1.807, 2.05) is 13.8 Å². The summed E-state index contributed by atoms with van der Waals surface area (Å²) in [4.78, 5) is 11.0. The van der Waals surface area contributed by atoms with Crippen LogP contribution in [0.2, 0.25) is 0 Å². The summed E-state index contributed by atoms with van der Waals surface area (Å²) in [5, 5.41) is 8.95. The number of hydrogen-bond acceptors (Lipinski definition) is 3. The van der Waals surface area contributed by atoms with Crippen LogP contribution in [0.1, 0.15) is 49.0 Å². The first-order valence-corrected chi connectivity index (χ1v) is 8.12. The maximum Gasteiger partial charge on any atom is 0.335 e. The van der Waals surface area contributed by atoms with Crippen LogP contribution in [0.25, 0.3) is 0 Å². The third-order valence-electron chi connectivity index (χ3n) is 3.07. The predicted octanol–water partition coefficient (Wildman–Crippen LogP) is 2.55. The molecule has 20 heavy (non-hydrogen) atoms. The first-order chi connectivity index (χ1) is 9.27. The smallest absolute Gasteiger partial charge is 0.335 e. The summed E-state index contributed by atoms with van der Waals surface area (Å²) < 4.78 is 27.2. The number of sulfonamides is 1. The molecule has 0 radical (unpaired) electrons. The topological polar surface area (TPSA) is 83.5 Å². The molecule has 1 aromatic rings. The number of rotatable bonds is 7. The van der Waals surface area contributed by atoms with Crippen LogP contribution in [-0.2, 0) is 10.0 Å². The zero-order chi connectivity index (χ0) is 15.3. The summed E-state index contributed by atoms with van der Waals surface area (Å²) in [6, 6.07) is 3.94. The third kappa shape index (κ3) is 4.31. The second-order valence-electron chi connectivity index (χ2n) is 4.95. The maximum absolute atomic E-state index is 12.3. The number of aromatic carboxylic acids is 1. The number of carbonyl (C=O) groups is 1. The average molecular weight is 299 g/mol. The van der Waals surface area contributed by atoms with Crippen molar-refractivity contribution in [2.24, 2.45) is 0 Å². The minimum Gasteiger partial charge on any atom is -0.478 e. The van der Waals surface area contributed by atoms with Crippen molar-refractivity contribution in [1.82, 2.24) is 4.72 Å². The van der Waals surface area contributed by atoms with E-state index in [4.69, 9.17) is 5.11 Å². The molecule has 112 valence electrons. The van der Waals surface area contributed by atoms with Gasteiger partial charge >= 0.3 is 5.97 Å². The van der Waals surface area contributed by atoms with E-state index in [0.29, 0.717) is 5.56 Å². The Kier molecular flexibility index (Phi) is 5.71. The monoisotopic (exact) mass is 299 g/mol. The molecule has 0 amide bonds. The van der Waals surface area contributed by atoms with Crippen molar-refractivity contribution in [3.63, 3.8) is 0 Å². The molecule has 0 aromatic heterocycles. The van der Waals surface area contributed by atoms with Gasteiger partial charge in [0.25, 0.3) is 0 Å². The van der Waals surface area contributed by atoms with Gasteiger partial charge in [-0.2, -0.15) is 0 Å². The molecule has 0 heterocycles. The Labute approximate surface area is 120 Å². The average Bonchev–Trinajstić information content (AvgIpc) is 2.35. The van der Waals surface area contributed by atoms with Gasteiger partial charge < -0.3 is 5.11 Å². The molecule has 0 fully saturated rings. The van der Waals surface area contributed by atoms with E-state index < -0.39 is 16.0 Å². The first kappa shape index (κ1) is 16.7. The standard InChI is InChI=1S/C14H21NO4S/c1-4-5-6-11(3)15-20(18,19)13-9-12(14(16)17)8-7-10(13)2/h7-9,11,15H,4-6H2,1-3H3,(H,16,17). The molecule has 1 aromatic carbocycles. The number of carboxylic acids is 1. The second-order valence-corrected chi connectivity index (χ2v) is 6.63. The summed E-state index contributed by atoms with van der Waals surface area (Å²) in [5.74, 6) is -1.14. The van der Waals surface area contributed by atoms with Gasteiger partial charge in [-0.05, 0) is 38.0 Å². The summed E-state index contributed by atoms with van der Waals surface area (Å²) in [6.07, 6.45) is 2.70. The van der Waals surface area contributed by atoms with E-state index >= 15 is 0 Å². The third-order valence-corrected chi connectivity index (χ3v) is 4.80. The molecule has 0 bridgehead atoms. The van der Waals surface area contributed by atoms with Crippen LogP contribution in [0, 0.1) is 6.92 Å². The quantitative estimate of drug-likeness (QED) is 0.810. The number of aryl methyl sites for hydroxylation is 1. The number of unbranched alkanes of at least 4 members (excludes halogenated alkanes) is 1. The Morgan fingerprint density at radius 1 is 1.40 bits per heavy atom. The molecule has 1 atom stereocenters. The highest BCUT2D eigenvalue weighted by Gasteiger charge is 2.20. The van der Waals surface area contributed by atoms with Crippen LogP contribution in [0.5, 0.6) is 0 Å². The van der Waals surface area contributed by atoms with E-state index in [1.165, 1.54) is 18.2 Å². The van der Waals surface area contributed by atoms with Gasteiger partial charge in [-0.3, -0.25) is 0 Å². The molecule has 1 unspecified atom stereocenters. The fraction of sp³-hybridized carbons (Fsp3) is 0.500. The van der Waals surface area contributed by atoms with Gasteiger partial charge in [0, 0.05) is 6.04 Å². The van der Waals surface area contributed by atoms with Gasteiger partial charge in [0.15, 0.2) is 0 Å². The van der Waals surface area contributed by atoms with Crippen LogP contribution in [0.4, 0.5) is 0 Å². The van der Waals surface area contributed by atoms with E-state index in [0.717, 1.165) is 19.3 Å². The van der Waals surface area contributed by atoms with Crippen LogP contribution in [-0.4, -0.2) is 25.5 Å². The summed E-state index contributed by atoms with van der Waals surface area (Å²) in [6.45, 7) is 5.50. The number of nitrogens with one attached hydrogen (secondary N) is 1. The van der Waals surface area contributed by atoms with Crippen LogP contribution < -0.4 is 4.72 Å². The molecule has 0 aliphatic heterocycles. The fourth-order valence-electron chi connectivity index (χ4n) is 1.92. The van der Waals surface area contributed by atoms with Gasteiger partial charge in [-0.15, -0.1) is 0 Å². The van der Waals surface area contributed by atoms with Crippen LogP contribution in [0.3, 0.4) is 0 Å². The minimum absolute atomic E-state index is 0.0285. The summed E-state index contributed by atoms with van der Waals surface area (Å²) in [5.41, 5.74) is 0.502. The van der Waals surface area contributed by atoms with E-state index in [1.54, 1.807) is 6.92 Å². The predicted molar refractivity (Wildman–Crippen MR) is 77.4 cm³/mol. The molecular formula is C14H21NO4S. The highest BCUT2D eigenvalue weighted by Crippen LogP contribution is 2.18. The molecular weight excluding hydrogens is 278 g/mol. The van der Waals surface area contributed by atoms with Gasteiger partial charge in [-0.1, -0.05) is 25.8 Å². The summed E-state index contributed by atoms with van der Waals surface area (Å²) >= 11 is 0. The van der Waals surface area contributed by atoms with Gasteiger partial charge in [0.2, 0.25) is 10.0 Å². The van der Waals surface area contributed by atoms with Gasteiger partial charge in [-0.25, -0.2) is 17.9 Å². The Bertz CT molecular complexity index is 581. The zero-order valence-electron chi connectivity index (χ0n) is 12.0. The van der Waals surface area contributed by atoms with Gasteiger partial charge in [0.1, 0.15) is 0 Å². The van der Waals surface area contributed by atoms with Crippen molar-refractivity contribution < 1.29 is 18.3 Å². The Hall–Kier alpha value is -1.40. The second kappa shape index (κ2) is 6.85. The first-order valence-electron chi connectivity index (χ1n) is 6.64. The molecule has 1 rings (SSSR count). The molecule has 0 spiro atoms. The van der Waals surface area contributed by atoms with E-state index in [-0.39, 0.29) is 16.5 Å². The molecule has 0 aliphatic carbocycles. The lowest BCUT2D eigenvalue weighted by Gasteiger charge is -2.15. The lowest BCUT2D eigenvalue weighted by molar-refractivity contribution is 0.0696. The fourth-order valence-corrected chi connectivity index (χ4v) is 3.47.